The molecule has 0 aliphatic carbocycles. The first kappa shape index (κ1) is 59.4. The van der Waals surface area contributed by atoms with E-state index in [2.05, 4.69) is 10.4 Å². The molecule has 0 saturated carbocycles. The molecule has 0 aliphatic heterocycles. The number of benzene rings is 2. The molecule has 0 spiro atoms. The second kappa shape index (κ2) is 28.2. The summed E-state index contributed by atoms with van der Waals surface area (Å²) in [6, 6.07) is 12.8. The van der Waals surface area contributed by atoms with Crippen molar-refractivity contribution in [3.8, 4) is 16.9 Å². The third-order valence-electron chi connectivity index (χ3n) is 9.85. The molecular formula is C48H60N4O21. The van der Waals surface area contributed by atoms with Crippen molar-refractivity contribution in [3.05, 3.63) is 66.5 Å². The molecule has 25 heteroatoms. The Morgan fingerprint density at radius 3 is 1.55 bits per heavy atom. The summed E-state index contributed by atoms with van der Waals surface area (Å²) in [7, 11) is 1.48. The number of esters is 8. The van der Waals surface area contributed by atoms with E-state index < -0.39 is 115 Å². The summed E-state index contributed by atoms with van der Waals surface area (Å²) in [6.45, 7) is 11.7. The van der Waals surface area contributed by atoms with Gasteiger partial charge in [0.05, 0.1) is 19.9 Å². The van der Waals surface area contributed by atoms with Crippen LogP contribution in [0.1, 0.15) is 79.6 Å². The van der Waals surface area contributed by atoms with Gasteiger partial charge in [-0.05, 0) is 97.7 Å². The normalized spacial score (nSPS) is 14.6. The Kier molecular flexibility index (Phi) is 22.9. The summed E-state index contributed by atoms with van der Waals surface area (Å²) < 4.78 is 51.4. The number of ether oxygens (including phenoxy) is 10. The van der Waals surface area contributed by atoms with E-state index >= 15 is 0 Å². The number of hydrogen-bond acceptors (Lipinski definition) is 22. The van der Waals surface area contributed by atoms with Crippen LogP contribution < -0.4 is 10.1 Å². The zero-order valence-corrected chi connectivity index (χ0v) is 42.0. The fourth-order valence-corrected chi connectivity index (χ4v) is 5.90. The Bertz CT molecular complexity index is 2440. The van der Waals surface area contributed by atoms with E-state index in [0.29, 0.717) is 28.1 Å². The van der Waals surface area contributed by atoms with Crippen molar-refractivity contribution in [2.75, 3.05) is 25.6 Å². The van der Waals surface area contributed by atoms with Crippen molar-refractivity contribution < 1.29 is 100 Å². The molecule has 3 aromatic rings. The molecule has 2 N–H and O–H groups in total. The standard InChI is InChI=1S/C48H60N4O21/c1-25(68-44(59)29(5)72-46(61)31(7)70-42(57)27(3)66-33(9)53)40(55)52-24-37(22-49-52)36-15-17-38(18-16-36)50-48(63)51(23-35-13-12-14-39(21-35)64-11)19-20-65-41(56)26(2)69-45(60)30(6)73-47(62)32(8)71-43(58)28(4)67-34(10)54/h12-18,21-22,24-33,53H,19-20,23H2,1-11H3,(H,50,63)/t25-,26-,27-,28-,29-,30-,31-,32-,33?/m0/s1. The van der Waals surface area contributed by atoms with E-state index in [1.807, 2.05) is 0 Å². The predicted octanol–water partition coefficient (Wildman–Crippen LogP) is 3.06. The van der Waals surface area contributed by atoms with E-state index in [4.69, 9.17) is 47.4 Å². The van der Waals surface area contributed by atoms with Crippen LogP contribution in [0.5, 0.6) is 5.75 Å². The third-order valence-corrected chi connectivity index (χ3v) is 9.85. The number of hydrogen-bond donors (Lipinski definition) is 2. The first-order valence-electron chi connectivity index (χ1n) is 22.6. The molecule has 0 aliphatic rings. The lowest BCUT2D eigenvalue weighted by Gasteiger charge is -2.24. The van der Waals surface area contributed by atoms with Gasteiger partial charge in [-0.2, -0.15) is 5.10 Å². The van der Waals surface area contributed by atoms with Crippen molar-refractivity contribution in [2.45, 2.75) is 131 Å². The van der Waals surface area contributed by atoms with Gasteiger partial charge in [-0.1, -0.05) is 24.3 Å². The van der Waals surface area contributed by atoms with Gasteiger partial charge >= 0.3 is 53.8 Å². The maximum absolute atomic E-state index is 13.7. The number of amides is 2. The molecule has 0 bridgehead atoms. The van der Waals surface area contributed by atoms with Gasteiger partial charge in [0.25, 0.3) is 5.91 Å². The summed E-state index contributed by atoms with van der Waals surface area (Å²) in [5.74, 6) is -8.31. The van der Waals surface area contributed by atoms with Gasteiger partial charge in [0.1, 0.15) is 12.4 Å². The van der Waals surface area contributed by atoms with Gasteiger partial charge in [-0.25, -0.2) is 43.0 Å². The molecule has 0 radical (unpaired) electrons. The molecule has 0 fully saturated rings. The van der Waals surface area contributed by atoms with E-state index in [0.717, 1.165) is 11.6 Å². The Labute approximate surface area is 419 Å². The molecule has 0 saturated heterocycles. The summed E-state index contributed by atoms with van der Waals surface area (Å²) in [5.41, 5.74) is 2.07. The number of carbonyl (C=O) groups is 10. The van der Waals surface area contributed by atoms with Crippen molar-refractivity contribution in [2.24, 2.45) is 0 Å². The first-order valence-corrected chi connectivity index (χ1v) is 22.6. The van der Waals surface area contributed by atoms with Gasteiger partial charge < -0.3 is 62.7 Å². The molecule has 2 aromatic carbocycles. The van der Waals surface area contributed by atoms with Crippen molar-refractivity contribution in [1.82, 2.24) is 14.7 Å². The zero-order chi connectivity index (χ0) is 54.7. The van der Waals surface area contributed by atoms with Crippen LogP contribution in [0.25, 0.3) is 11.1 Å². The van der Waals surface area contributed by atoms with Crippen LogP contribution in [0.2, 0.25) is 0 Å². The molecular weight excluding hydrogens is 969 g/mol. The van der Waals surface area contributed by atoms with Crippen LogP contribution in [0.3, 0.4) is 0 Å². The summed E-state index contributed by atoms with van der Waals surface area (Å²) in [6.07, 6.45) is -9.80. The number of urea groups is 1. The smallest absolute Gasteiger partial charge is 0.347 e. The minimum atomic E-state index is -1.54. The lowest BCUT2D eigenvalue weighted by atomic mass is 10.1. The summed E-state index contributed by atoms with van der Waals surface area (Å²) in [5, 5.41) is 16.1. The highest BCUT2D eigenvalue weighted by Crippen LogP contribution is 2.22. The summed E-state index contributed by atoms with van der Waals surface area (Å²) >= 11 is 0. The van der Waals surface area contributed by atoms with Crippen LogP contribution in [-0.2, 0) is 87.5 Å². The Morgan fingerprint density at radius 2 is 1.07 bits per heavy atom. The molecule has 398 valence electrons. The number of anilines is 1. The second-order valence-corrected chi connectivity index (χ2v) is 16.1. The fraction of sp³-hybridized carbons (Fsp3) is 0.479. The highest BCUT2D eigenvalue weighted by Gasteiger charge is 2.32. The van der Waals surface area contributed by atoms with Crippen LogP contribution in [0, 0.1) is 0 Å². The lowest BCUT2D eigenvalue weighted by Crippen LogP contribution is -2.39. The van der Waals surface area contributed by atoms with Gasteiger partial charge in [0.2, 0.25) is 0 Å². The molecule has 25 nitrogen and oxygen atoms in total. The largest absolute Gasteiger partial charge is 0.497 e. The lowest BCUT2D eigenvalue weighted by molar-refractivity contribution is -0.188. The van der Waals surface area contributed by atoms with Crippen LogP contribution >= 0.6 is 0 Å². The van der Waals surface area contributed by atoms with E-state index in [-0.39, 0.29) is 19.7 Å². The highest BCUT2D eigenvalue weighted by molar-refractivity contribution is 5.91. The van der Waals surface area contributed by atoms with Gasteiger partial charge in [-0.15, -0.1) is 0 Å². The zero-order valence-electron chi connectivity index (χ0n) is 42.0. The minimum absolute atomic E-state index is 0.0334. The highest BCUT2D eigenvalue weighted by atomic mass is 16.7. The maximum atomic E-state index is 13.7. The topological polar surface area (TPSA) is 316 Å². The number of carbonyl (C=O) groups excluding carboxylic acids is 10. The Morgan fingerprint density at radius 1 is 0.603 bits per heavy atom. The number of nitrogens with one attached hydrogen (secondary N) is 1. The first-order chi connectivity index (χ1) is 34.3. The van der Waals surface area contributed by atoms with Crippen molar-refractivity contribution >= 4 is 65.4 Å². The quantitative estimate of drug-likeness (QED) is 0.0700. The van der Waals surface area contributed by atoms with Crippen molar-refractivity contribution in [3.63, 3.8) is 0 Å². The monoisotopic (exact) mass is 1030 g/mol. The number of rotatable bonds is 25. The number of aromatic nitrogens is 2. The second-order valence-electron chi connectivity index (χ2n) is 16.1. The average molecular weight is 1030 g/mol. The van der Waals surface area contributed by atoms with Crippen LogP contribution in [0.15, 0.2) is 60.9 Å². The molecule has 2 amide bonds. The molecule has 1 unspecified atom stereocenters. The number of aliphatic hydroxyl groups excluding tert-OH is 1. The van der Waals surface area contributed by atoms with Crippen molar-refractivity contribution in [1.29, 1.82) is 0 Å². The average Bonchev–Trinajstić information content (AvgIpc) is 3.83. The molecule has 1 aromatic heterocycles. The van der Waals surface area contributed by atoms with Crippen LogP contribution in [0.4, 0.5) is 10.5 Å². The summed E-state index contributed by atoms with van der Waals surface area (Å²) in [4.78, 5) is 127. The minimum Gasteiger partial charge on any atom is -0.497 e. The molecule has 73 heavy (non-hydrogen) atoms. The molecule has 1 heterocycles. The van der Waals surface area contributed by atoms with Gasteiger partial charge in [0.15, 0.2) is 55.1 Å². The van der Waals surface area contributed by atoms with Gasteiger partial charge in [-0.3, -0.25) is 9.59 Å². The molecule has 3 rings (SSSR count). The van der Waals surface area contributed by atoms with Gasteiger partial charge in [0, 0.05) is 30.9 Å². The number of methoxy groups -OCH3 is 1. The Balaban J connectivity index is 1.58. The maximum Gasteiger partial charge on any atom is 0.347 e. The van der Waals surface area contributed by atoms with E-state index in [9.17, 15) is 53.1 Å². The third kappa shape index (κ3) is 19.3. The van der Waals surface area contributed by atoms with E-state index in [1.54, 1.807) is 48.5 Å². The predicted molar refractivity (Wildman–Crippen MR) is 248 cm³/mol. The number of aliphatic hydroxyl groups is 1. The van der Waals surface area contributed by atoms with Crippen LogP contribution in [-0.4, -0.2) is 155 Å². The Hall–Kier alpha value is -7.93. The SMILES string of the molecule is COc1cccc(CN(CCOC(=O)[C@H](C)OC(=O)[C@H](C)OC(=O)[C@H](C)OC(=O)[C@H](C)OC(C)=O)C(=O)Nc2ccc(-c3cnn(C(=O)[C@H](C)OC(=O)[C@H](C)OC(=O)[C@H](C)OC(=O)[C@H](C)OC(C)O)c3)cc2)c1. The fourth-order valence-electron chi connectivity index (χ4n) is 5.90. The molecule has 9 atom stereocenters. The van der Waals surface area contributed by atoms with E-state index in [1.165, 1.54) is 86.7 Å². The number of nitrogens with zero attached hydrogens (tertiary/aromatic N) is 3.